The summed E-state index contributed by atoms with van der Waals surface area (Å²) in [6, 6.07) is 10.5. The topological polar surface area (TPSA) is 52.6 Å². The highest BCUT2D eigenvalue weighted by atomic mass is 35.5. The number of ether oxygens (including phenoxy) is 2. The van der Waals surface area contributed by atoms with Crippen molar-refractivity contribution >= 4 is 34.1 Å². The van der Waals surface area contributed by atoms with Gasteiger partial charge in [-0.15, -0.1) is 11.6 Å². The van der Waals surface area contributed by atoms with Crippen molar-refractivity contribution in [1.29, 1.82) is 0 Å². The van der Waals surface area contributed by atoms with Gasteiger partial charge in [-0.2, -0.15) is 0 Å². The molecule has 2 aromatic carbocycles. The number of carbonyl (C=O) groups is 2. The second kappa shape index (κ2) is 7.09. The molecule has 0 N–H and O–H groups in total. The lowest BCUT2D eigenvalue weighted by Crippen LogP contribution is -2.17. The first-order valence-corrected chi connectivity index (χ1v) is 7.14. The van der Waals surface area contributed by atoms with Crippen LogP contribution in [-0.4, -0.2) is 30.8 Å². The Hall–Kier alpha value is -2.07. The number of hydrogen-bond donors (Lipinski definition) is 0. The molecule has 5 heteroatoms. The van der Waals surface area contributed by atoms with Crippen LogP contribution in [0.3, 0.4) is 0 Å². The number of alkyl halides is 1. The van der Waals surface area contributed by atoms with Crippen molar-refractivity contribution in [3.63, 3.8) is 0 Å². The average Bonchev–Trinajstić information content (AvgIpc) is 2.52. The molecule has 0 aliphatic carbocycles. The Bertz CT molecular complexity index is 666. The SMILES string of the molecule is CCOC(=O)C(=O)c1ccc(OCCCl)c2ccccc12. The van der Waals surface area contributed by atoms with Crippen LogP contribution >= 0.6 is 11.6 Å². The van der Waals surface area contributed by atoms with Crippen LogP contribution in [0, 0.1) is 0 Å². The molecule has 0 saturated heterocycles. The maximum atomic E-state index is 12.1. The van der Waals surface area contributed by atoms with E-state index in [0.29, 0.717) is 29.2 Å². The van der Waals surface area contributed by atoms with E-state index in [4.69, 9.17) is 21.1 Å². The molecule has 0 aliphatic rings. The van der Waals surface area contributed by atoms with Gasteiger partial charge in [-0.1, -0.05) is 24.3 Å². The second-order valence-electron chi connectivity index (χ2n) is 4.24. The van der Waals surface area contributed by atoms with Gasteiger partial charge in [0.1, 0.15) is 12.4 Å². The van der Waals surface area contributed by atoms with E-state index in [0.717, 1.165) is 5.39 Å². The van der Waals surface area contributed by atoms with Crippen molar-refractivity contribution in [2.24, 2.45) is 0 Å². The third-order valence-corrected chi connectivity index (χ3v) is 3.08. The van der Waals surface area contributed by atoms with Crippen molar-refractivity contribution in [1.82, 2.24) is 0 Å². The van der Waals surface area contributed by atoms with Crippen molar-refractivity contribution < 1.29 is 19.1 Å². The zero-order chi connectivity index (χ0) is 15.2. The van der Waals surface area contributed by atoms with Gasteiger partial charge in [0.25, 0.3) is 5.78 Å². The van der Waals surface area contributed by atoms with E-state index < -0.39 is 11.8 Å². The van der Waals surface area contributed by atoms with Gasteiger partial charge in [-0.3, -0.25) is 4.79 Å². The van der Waals surface area contributed by atoms with E-state index in [1.807, 2.05) is 12.1 Å². The van der Waals surface area contributed by atoms with Gasteiger partial charge >= 0.3 is 5.97 Å². The Morgan fingerprint density at radius 1 is 1.10 bits per heavy atom. The molecule has 0 radical (unpaired) electrons. The fourth-order valence-corrected chi connectivity index (χ4v) is 2.13. The lowest BCUT2D eigenvalue weighted by Gasteiger charge is -2.11. The molecular formula is C16H15ClO4. The van der Waals surface area contributed by atoms with Crippen molar-refractivity contribution in [3.05, 3.63) is 42.0 Å². The maximum absolute atomic E-state index is 12.1. The zero-order valence-corrected chi connectivity index (χ0v) is 12.4. The number of benzene rings is 2. The largest absolute Gasteiger partial charge is 0.492 e. The lowest BCUT2D eigenvalue weighted by molar-refractivity contribution is -0.137. The molecule has 21 heavy (non-hydrogen) atoms. The van der Waals surface area contributed by atoms with E-state index in [2.05, 4.69) is 0 Å². The molecule has 0 bridgehead atoms. The molecule has 0 fully saturated rings. The number of carbonyl (C=O) groups excluding carboxylic acids is 2. The minimum atomic E-state index is -0.850. The summed E-state index contributed by atoms with van der Waals surface area (Å²) in [4.78, 5) is 23.8. The standard InChI is InChI=1S/C16H15ClO4/c1-2-20-16(19)15(18)13-7-8-14(21-10-9-17)12-6-4-3-5-11(12)13/h3-8H,2,9-10H2,1H3. The Kier molecular flexibility index (Phi) is 5.17. The molecule has 0 aromatic heterocycles. The van der Waals surface area contributed by atoms with Crippen LogP contribution in [-0.2, 0) is 9.53 Å². The average molecular weight is 307 g/mol. The summed E-state index contributed by atoms with van der Waals surface area (Å²) < 4.78 is 10.3. The van der Waals surface area contributed by atoms with Crippen LogP contribution in [0.5, 0.6) is 5.75 Å². The number of rotatable bonds is 6. The molecule has 0 aliphatic heterocycles. The molecular weight excluding hydrogens is 292 g/mol. The quantitative estimate of drug-likeness (QED) is 0.356. The van der Waals surface area contributed by atoms with Gasteiger partial charge in [0.2, 0.25) is 0 Å². The Labute approximate surface area is 127 Å². The number of fused-ring (bicyclic) bond motifs is 1. The highest BCUT2D eigenvalue weighted by Gasteiger charge is 2.20. The van der Waals surface area contributed by atoms with Crippen molar-refractivity contribution in [2.75, 3.05) is 19.1 Å². The van der Waals surface area contributed by atoms with Crippen molar-refractivity contribution in [2.45, 2.75) is 6.92 Å². The van der Waals surface area contributed by atoms with E-state index in [1.54, 1.807) is 31.2 Å². The monoisotopic (exact) mass is 306 g/mol. The minimum Gasteiger partial charge on any atom is -0.492 e. The summed E-state index contributed by atoms with van der Waals surface area (Å²) in [5.41, 5.74) is 0.308. The first-order valence-electron chi connectivity index (χ1n) is 6.61. The Balaban J connectivity index is 2.47. The predicted octanol–water partition coefficient (Wildman–Crippen LogP) is 3.20. The van der Waals surface area contributed by atoms with E-state index in [1.165, 1.54) is 0 Å². The molecule has 0 amide bonds. The number of esters is 1. The zero-order valence-electron chi connectivity index (χ0n) is 11.6. The fourth-order valence-electron chi connectivity index (χ4n) is 2.05. The first kappa shape index (κ1) is 15.3. The van der Waals surface area contributed by atoms with E-state index in [9.17, 15) is 9.59 Å². The van der Waals surface area contributed by atoms with Gasteiger partial charge in [0, 0.05) is 10.9 Å². The summed E-state index contributed by atoms with van der Waals surface area (Å²) in [6.45, 7) is 2.20. The first-order chi connectivity index (χ1) is 10.2. The number of halogens is 1. The third-order valence-electron chi connectivity index (χ3n) is 2.92. The predicted molar refractivity (Wildman–Crippen MR) is 81.1 cm³/mol. The molecule has 0 spiro atoms. The normalized spacial score (nSPS) is 10.4. The molecule has 2 rings (SSSR count). The molecule has 0 heterocycles. The van der Waals surface area contributed by atoms with Gasteiger partial charge in [0.05, 0.1) is 12.5 Å². The maximum Gasteiger partial charge on any atom is 0.379 e. The summed E-state index contributed by atoms with van der Waals surface area (Å²) in [5, 5.41) is 1.42. The Morgan fingerprint density at radius 2 is 1.81 bits per heavy atom. The highest BCUT2D eigenvalue weighted by molar-refractivity contribution is 6.43. The Morgan fingerprint density at radius 3 is 2.48 bits per heavy atom. The summed E-state index contributed by atoms with van der Waals surface area (Å²) in [7, 11) is 0. The lowest BCUT2D eigenvalue weighted by atomic mass is 10.0. The van der Waals surface area contributed by atoms with Crippen LogP contribution in [0.2, 0.25) is 0 Å². The van der Waals surface area contributed by atoms with Crippen LogP contribution < -0.4 is 4.74 Å². The number of ketones is 1. The molecule has 110 valence electrons. The molecule has 0 atom stereocenters. The van der Waals surface area contributed by atoms with E-state index in [-0.39, 0.29) is 6.61 Å². The summed E-state index contributed by atoms with van der Waals surface area (Å²) in [5.74, 6) is -0.502. The summed E-state index contributed by atoms with van der Waals surface area (Å²) >= 11 is 5.62. The van der Waals surface area contributed by atoms with Gasteiger partial charge < -0.3 is 9.47 Å². The minimum absolute atomic E-state index is 0.166. The van der Waals surface area contributed by atoms with Gasteiger partial charge in [-0.25, -0.2) is 4.79 Å². The van der Waals surface area contributed by atoms with Crippen molar-refractivity contribution in [3.8, 4) is 5.75 Å². The van der Waals surface area contributed by atoms with Crippen LogP contribution in [0.4, 0.5) is 0 Å². The second-order valence-corrected chi connectivity index (χ2v) is 4.62. The molecule has 0 unspecified atom stereocenters. The number of hydrogen-bond acceptors (Lipinski definition) is 4. The fraction of sp³-hybridized carbons (Fsp3) is 0.250. The molecule has 4 nitrogen and oxygen atoms in total. The molecule has 2 aromatic rings. The van der Waals surface area contributed by atoms with Crippen LogP contribution in [0.1, 0.15) is 17.3 Å². The van der Waals surface area contributed by atoms with Gasteiger partial charge in [-0.05, 0) is 24.4 Å². The van der Waals surface area contributed by atoms with Gasteiger partial charge in [0.15, 0.2) is 0 Å². The third kappa shape index (κ3) is 3.34. The van der Waals surface area contributed by atoms with Crippen LogP contribution in [0.25, 0.3) is 10.8 Å². The van der Waals surface area contributed by atoms with E-state index >= 15 is 0 Å². The smallest absolute Gasteiger partial charge is 0.379 e. The highest BCUT2D eigenvalue weighted by Crippen LogP contribution is 2.29. The summed E-state index contributed by atoms with van der Waals surface area (Å²) in [6.07, 6.45) is 0. The van der Waals surface area contributed by atoms with Crippen LogP contribution in [0.15, 0.2) is 36.4 Å². The number of Topliss-reactive ketones (excluding diaryl/α,β-unsaturated/α-hetero) is 1. The molecule has 0 saturated carbocycles.